The van der Waals surface area contributed by atoms with Gasteiger partial charge in [-0.15, -0.1) is 11.8 Å². The zero-order valence-electron chi connectivity index (χ0n) is 21.5. The number of carbonyl (C=O) groups is 2. The maximum atomic E-state index is 13.8. The molecule has 2 N–H and O–H groups in total. The topological polar surface area (TPSA) is 113 Å². The molecule has 0 aliphatic carbocycles. The van der Waals surface area contributed by atoms with Crippen molar-refractivity contribution in [2.24, 2.45) is 0 Å². The van der Waals surface area contributed by atoms with Crippen LogP contribution in [0.15, 0.2) is 65.6 Å². The average molecular weight is 579 g/mol. The van der Waals surface area contributed by atoms with Gasteiger partial charge >= 0.3 is 5.97 Å². The van der Waals surface area contributed by atoms with E-state index in [0.717, 1.165) is 16.4 Å². The van der Waals surface area contributed by atoms with E-state index in [1.165, 1.54) is 31.9 Å². The van der Waals surface area contributed by atoms with Crippen LogP contribution in [0.25, 0.3) is 11.1 Å². The van der Waals surface area contributed by atoms with E-state index < -0.39 is 51.7 Å². The number of nitrogens with one attached hydrogen (secondary N) is 1. The van der Waals surface area contributed by atoms with Crippen molar-refractivity contribution in [1.82, 2.24) is 9.62 Å². The van der Waals surface area contributed by atoms with Crippen LogP contribution in [0.1, 0.15) is 15.9 Å². The third-order valence-electron chi connectivity index (χ3n) is 5.77. The highest BCUT2D eigenvalue weighted by molar-refractivity contribution is 7.98. The number of halogens is 2. The quantitative estimate of drug-likeness (QED) is 0.231. The molecule has 3 aromatic carbocycles. The maximum Gasteiger partial charge on any atom is 0.317 e. The summed E-state index contributed by atoms with van der Waals surface area (Å²) in [5, 5.41) is 11.5. The molecule has 0 bridgehead atoms. The minimum Gasteiger partial charge on any atom is -0.489 e. The number of benzene rings is 3. The Morgan fingerprint density at radius 3 is 2.33 bits per heavy atom. The number of sulfonamides is 1. The number of rotatable bonds is 13. The fraction of sp³-hybridized carbons (Fsp3) is 0.259. The van der Waals surface area contributed by atoms with Crippen molar-refractivity contribution in [2.75, 3.05) is 32.6 Å². The van der Waals surface area contributed by atoms with Crippen LogP contribution in [0, 0.1) is 11.6 Å². The molecule has 0 saturated carbocycles. The van der Waals surface area contributed by atoms with E-state index in [9.17, 15) is 26.8 Å². The van der Waals surface area contributed by atoms with Crippen LogP contribution in [0.4, 0.5) is 8.78 Å². The number of aliphatic carboxylic acids is 1. The Morgan fingerprint density at radius 2 is 1.72 bits per heavy atom. The molecule has 0 amide bonds. The van der Waals surface area contributed by atoms with Crippen molar-refractivity contribution >= 4 is 33.5 Å². The summed E-state index contributed by atoms with van der Waals surface area (Å²) in [4.78, 5) is 24.7. The zero-order chi connectivity index (χ0) is 28.7. The summed E-state index contributed by atoms with van der Waals surface area (Å²) in [7, 11) is -1.13. The number of carboxylic acids is 1. The highest BCUT2D eigenvalue weighted by Crippen LogP contribution is 2.33. The Kier molecular flexibility index (Phi) is 10.2. The van der Waals surface area contributed by atoms with Crippen LogP contribution in [-0.4, -0.2) is 68.3 Å². The van der Waals surface area contributed by atoms with Gasteiger partial charge in [0.25, 0.3) is 0 Å². The van der Waals surface area contributed by atoms with Crippen LogP contribution >= 0.6 is 11.8 Å². The van der Waals surface area contributed by atoms with Gasteiger partial charge in [0.05, 0.1) is 18.3 Å². The summed E-state index contributed by atoms with van der Waals surface area (Å²) >= 11 is 1.30. The summed E-state index contributed by atoms with van der Waals surface area (Å²) in [6, 6.07) is 14.3. The fourth-order valence-corrected chi connectivity index (χ4v) is 5.24. The summed E-state index contributed by atoms with van der Waals surface area (Å²) in [6.07, 6.45) is 1.78. The number of ketones is 1. The molecule has 1 unspecified atom stereocenters. The highest BCUT2D eigenvalue weighted by Gasteiger charge is 2.28. The second kappa shape index (κ2) is 13.2. The van der Waals surface area contributed by atoms with Crippen LogP contribution in [0.2, 0.25) is 0 Å². The lowest BCUT2D eigenvalue weighted by molar-refractivity contribution is -0.136. The molecule has 0 aliphatic rings. The SMILES string of the molecule is CSc1cc(F)c(F)cc1-c1ccc(OCc2cccc(C(=O)C(CS(=O)(=O)N(C)C)NCC(=O)O)c2)cc1. The first-order valence-corrected chi connectivity index (χ1v) is 14.5. The lowest BCUT2D eigenvalue weighted by Crippen LogP contribution is -2.46. The number of Topliss-reactive ketones (excluding diaryl/α,β-unsaturated/α-hetero) is 1. The molecule has 39 heavy (non-hydrogen) atoms. The average Bonchev–Trinajstić information content (AvgIpc) is 2.91. The van der Waals surface area contributed by atoms with E-state index in [1.807, 2.05) is 0 Å². The van der Waals surface area contributed by atoms with Crippen molar-refractivity contribution < 1.29 is 36.6 Å². The van der Waals surface area contributed by atoms with Gasteiger partial charge in [0.15, 0.2) is 17.4 Å². The van der Waals surface area contributed by atoms with Crippen LogP contribution in [0.5, 0.6) is 5.75 Å². The van der Waals surface area contributed by atoms with Gasteiger partial charge in [0.2, 0.25) is 10.0 Å². The molecular weight excluding hydrogens is 550 g/mol. The number of thioether (sulfide) groups is 1. The number of carbonyl (C=O) groups excluding carboxylic acids is 1. The number of hydrogen-bond donors (Lipinski definition) is 2. The van der Waals surface area contributed by atoms with Gasteiger partial charge in [-0.3, -0.25) is 14.9 Å². The second-order valence-electron chi connectivity index (χ2n) is 8.73. The Hall–Kier alpha value is -3.32. The monoisotopic (exact) mass is 578 g/mol. The van der Waals surface area contributed by atoms with Gasteiger partial charge in [-0.2, -0.15) is 0 Å². The Labute approximate surface area is 230 Å². The van der Waals surface area contributed by atoms with E-state index in [1.54, 1.807) is 48.7 Å². The second-order valence-corrected chi connectivity index (χ2v) is 11.8. The third-order valence-corrected chi connectivity index (χ3v) is 8.42. The first-order chi connectivity index (χ1) is 18.4. The van der Waals surface area contributed by atoms with E-state index in [4.69, 9.17) is 9.84 Å². The van der Waals surface area contributed by atoms with Crippen molar-refractivity contribution in [3.63, 3.8) is 0 Å². The van der Waals surface area contributed by atoms with Crippen LogP contribution in [0.3, 0.4) is 0 Å². The van der Waals surface area contributed by atoms with Gasteiger partial charge in [0.1, 0.15) is 12.4 Å². The number of ether oxygens (including phenoxy) is 1. The molecule has 0 aliphatic heterocycles. The van der Waals surface area contributed by atoms with E-state index >= 15 is 0 Å². The molecule has 0 fully saturated rings. The van der Waals surface area contributed by atoms with E-state index in [0.29, 0.717) is 27.3 Å². The Morgan fingerprint density at radius 1 is 1.05 bits per heavy atom. The first kappa shape index (κ1) is 30.2. The number of carboxylic acid groups (broad SMARTS) is 1. The maximum absolute atomic E-state index is 13.8. The molecule has 1 atom stereocenters. The summed E-state index contributed by atoms with van der Waals surface area (Å²) < 4.78 is 58.9. The Bertz CT molecular complexity index is 1450. The molecule has 8 nitrogen and oxygen atoms in total. The predicted molar refractivity (Wildman–Crippen MR) is 146 cm³/mol. The van der Waals surface area contributed by atoms with Crippen LogP contribution < -0.4 is 10.1 Å². The van der Waals surface area contributed by atoms with Crippen molar-refractivity contribution in [3.8, 4) is 16.9 Å². The largest absolute Gasteiger partial charge is 0.489 e. The predicted octanol–water partition coefficient (Wildman–Crippen LogP) is 4.05. The number of nitrogens with zero attached hydrogens (tertiary/aromatic N) is 1. The fourth-order valence-electron chi connectivity index (χ4n) is 3.63. The van der Waals surface area contributed by atoms with E-state index in [2.05, 4.69) is 5.32 Å². The molecule has 3 rings (SSSR count). The lowest BCUT2D eigenvalue weighted by Gasteiger charge is -2.20. The van der Waals surface area contributed by atoms with Gasteiger partial charge in [-0.05, 0) is 53.3 Å². The summed E-state index contributed by atoms with van der Waals surface area (Å²) in [6.45, 7) is -0.494. The van der Waals surface area contributed by atoms with Crippen molar-refractivity contribution in [2.45, 2.75) is 17.5 Å². The molecule has 208 valence electrons. The smallest absolute Gasteiger partial charge is 0.317 e. The van der Waals surface area contributed by atoms with E-state index in [-0.39, 0.29) is 12.2 Å². The molecular formula is C27H28F2N2O6S2. The summed E-state index contributed by atoms with van der Waals surface area (Å²) in [5.41, 5.74) is 2.07. The minimum absolute atomic E-state index is 0.0882. The lowest BCUT2D eigenvalue weighted by atomic mass is 10.0. The van der Waals surface area contributed by atoms with Crippen molar-refractivity contribution in [1.29, 1.82) is 0 Å². The van der Waals surface area contributed by atoms with Gasteiger partial charge < -0.3 is 9.84 Å². The first-order valence-electron chi connectivity index (χ1n) is 11.7. The normalized spacial score (nSPS) is 12.4. The Balaban J connectivity index is 1.73. The highest BCUT2D eigenvalue weighted by atomic mass is 32.2. The molecule has 0 aromatic heterocycles. The van der Waals surface area contributed by atoms with Gasteiger partial charge in [-0.1, -0.05) is 30.3 Å². The van der Waals surface area contributed by atoms with Gasteiger partial charge in [-0.25, -0.2) is 21.5 Å². The minimum atomic E-state index is -3.80. The molecule has 12 heteroatoms. The van der Waals surface area contributed by atoms with Crippen LogP contribution in [-0.2, 0) is 21.4 Å². The molecule has 0 spiro atoms. The number of hydrogen-bond acceptors (Lipinski definition) is 7. The van der Waals surface area contributed by atoms with Crippen molar-refractivity contribution in [3.05, 3.63) is 83.4 Å². The zero-order valence-corrected chi connectivity index (χ0v) is 23.1. The summed E-state index contributed by atoms with van der Waals surface area (Å²) in [5.74, 6) is -3.73. The molecule has 0 saturated heterocycles. The standard InChI is InChI=1S/C27H28F2N2O6S2/c1-31(2)39(35,36)16-24(30-14-26(32)33)27(34)19-6-4-5-17(11-19)15-37-20-9-7-18(8-10-20)21-12-22(28)23(29)13-25(21)38-3/h4-13,24,30H,14-16H2,1-3H3,(H,32,33). The van der Waals surface area contributed by atoms with Gasteiger partial charge in [0, 0.05) is 24.6 Å². The molecule has 3 aromatic rings. The molecule has 0 radical (unpaired) electrons. The molecule has 0 heterocycles. The third kappa shape index (κ3) is 8.09.